The molecule has 104 valence electrons. The molecule has 0 radical (unpaired) electrons. The molecule has 1 heterocycles. The number of carbonyl (C=O) groups excluding carboxylic acids is 1. The predicted molar refractivity (Wildman–Crippen MR) is 84.1 cm³/mol. The predicted octanol–water partition coefficient (Wildman–Crippen LogP) is 3.80. The van der Waals surface area contributed by atoms with E-state index in [4.69, 9.17) is 0 Å². The first-order chi connectivity index (χ1) is 9.09. The number of amides is 1. The number of anilines is 1. The minimum Gasteiger partial charge on any atom is -0.311 e. The number of carbonyl (C=O) groups is 1. The lowest BCUT2D eigenvalue weighted by atomic mass is 9.86. The second-order valence-corrected chi connectivity index (χ2v) is 6.18. The first-order valence-corrected chi connectivity index (χ1v) is 7.74. The van der Waals surface area contributed by atoms with Crippen LogP contribution in [-0.2, 0) is 10.2 Å². The van der Waals surface area contributed by atoms with Gasteiger partial charge in [-0.15, -0.1) is 0 Å². The molecule has 1 amide bonds. The van der Waals surface area contributed by atoms with E-state index >= 15 is 0 Å². The van der Waals surface area contributed by atoms with Crippen molar-refractivity contribution in [1.29, 1.82) is 0 Å². The number of hydrogen-bond acceptors (Lipinski definition) is 2. The van der Waals surface area contributed by atoms with E-state index < -0.39 is 0 Å². The second kappa shape index (κ2) is 6.00. The molecule has 0 spiro atoms. The third-order valence-corrected chi connectivity index (χ3v) is 4.25. The summed E-state index contributed by atoms with van der Waals surface area (Å²) in [6.07, 6.45) is 4.62. The molecule has 0 fully saturated rings. The third-order valence-electron chi connectivity index (χ3n) is 3.94. The van der Waals surface area contributed by atoms with Crippen molar-refractivity contribution in [3.63, 3.8) is 0 Å². The standard InChI is InChI=1S/C16H23NOS/c1-16(2)13-9-5-6-10-14(13)17(15(16)18)11-7-3-4-8-12-19/h5-6,9-10,19H,3-4,7-8,11-12H2,1-2H3. The molecule has 1 aliphatic rings. The highest BCUT2D eigenvalue weighted by atomic mass is 32.1. The molecule has 1 aromatic carbocycles. The maximum Gasteiger partial charge on any atom is 0.237 e. The number of rotatable bonds is 6. The number of unbranched alkanes of at least 4 members (excludes halogenated alkanes) is 3. The van der Waals surface area contributed by atoms with Crippen LogP contribution < -0.4 is 4.90 Å². The number of hydrogen-bond donors (Lipinski definition) is 1. The van der Waals surface area contributed by atoms with Gasteiger partial charge in [0, 0.05) is 12.2 Å². The lowest BCUT2D eigenvalue weighted by Crippen LogP contribution is -2.36. The Kier molecular flexibility index (Phi) is 4.56. The first-order valence-electron chi connectivity index (χ1n) is 7.11. The van der Waals surface area contributed by atoms with Crippen molar-refractivity contribution in [3.05, 3.63) is 29.8 Å². The molecule has 0 aliphatic carbocycles. The summed E-state index contributed by atoms with van der Waals surface area (Å²) < 4.78 is 0. The fourth-order valence-electron chi connectivity index (χ4n) is 2.76. The zero-order valence-electron chi connectivity index (χ0n) is 11.9. The second-order valence-electron chi connectivity index (χ2n) is 5.74. The van der Waals surface area contributed by atoms with Gasteiger partial charge in [0.15, 0.2) is 0 Å². The van der Waals surface area contributed by atoms with E-state index in [-0.39, 0.29) is 11.3 Å². The third kappa shape index (κ3) is 2.81. The van der Waals surface area contributed by atoms with Crippen LogP contribution in [0, 0.1) is 0 Å². The van der Waals surface area contributed by atoms with Crippen molar-refractivity contribution in [3.8, 4) is 0 Å². The molecular weight excluding hydrogens is 254 g/mol. The molecule has 0 saturated carbocycles. The monoisotopic (exact) mass is 277 g/mol. The summed E-state index contributed by atoms with van der Waals surface area (Å²) in [5.74, 6) is 1.20. The Balaban J connectivity index is 2.04. The summed E-state index contributed by atoms with van der Waals surface area (Å²) in [6.45, 7) is 4.88. The minimum absolute atomic E-state index is 0.239. The van der Waals surface area contributed by atoms with E-state index in [1.54, 1.807) is 0 Å². The Bertz CT molecular complexity index is 456. The van der Waals surface area contributed by atoms with E-state index in [0.717, 1.165) is 30.0 Å². The fraction of sp³-hybridized carbons (Fsp3) is 0.562. The van der Waals surface area contributed by atoms with Crippen LogP contribution in [0.2, 0.25) is 0 Å². The van der Waals surface area contributed by atoms with Gasteiger partial charge in [-0.25, -0.2) is 0 Å². The van der Waals surface area contributed by atoms with Crippen LogP contribution in [-0.4, -0.2) is 18.2 Å². The van der Waals surface area contributed by atoms with Gasteiger partial charge in [-0.3, -0.25) is 4.79 Å². The van der Waals surface area contributed by atoms with Gasteiger partial charge in [-0.05, 0) is 44.1 Å². The molecule has 3 heteroatoms. The van der Waals surface area contributed by atoms with E-state index in [0.29, 0.717) is 0 Å². The molecule has 0 aromatic heterocycles. The van der Waals surface area contributed by atoms with Crippen molar-refractivity contribution in [2.45, 2.75) is 44.9 Å². The number of para-hydroxylation sites is 1. The maximum atomic E-state index is 12.5. The molecule has 0 N–H and O–H groups in total. The smallest absolute Gasteiger partial charge is 0.237 e. The lowest BCUT2D eigenvalue weighted by molar-refractivity contribution is -0.122. The molecule has 2 rings (SSSR count). The van der Waals surface area contributed by atoms with Crippen LogP contribution >= 0.6 is 12.6 Å². The number of fused-ring (bicyclic) bond motifs is 1. The molecular formula is C16H23NOS. The number of nitrogens with zero attached hydrogens (tertiary/aromatic N) is 1. The highest BCUT2D eigenvalue weighted by Gasteiger charge is 2.42. The summed E-state index contributed by atoms with van der Waals surface area (Å²) in [5, 5.41) is 0. The Labute approximate surface area is 121 Å². The van der Waals surface area contributed by atoms with Gasteiger partial charge in [0.05, 0.1) is 5.41 Å². The van der Waals surface area contributed by atoms with Gasteiger partial charge >= 0.3 is 0 Å². The van der Waals surface area contributed by atoms with Crippen molar-refractivity contribution in [2.24, 2.45) is 0 Å². The van der Waals surface area contributed by atoms with Crippen molar-refractivity contribution >= 4 is 24.2 Å². The minimum atomic E-state index is -0.373. The molecule has 0 bridgehead atoms. The topological polar surface area (TPSA) is 20.3 Å². The molecule has 1 aliphatic heterocycles. The van der Waals surface area contributed by atoms with Crippen molar-refractivity contribution < 1.29 is 4.79 Å². The van der Waals surface area contributed by atoms with Crippen molar-refractivity contribution in [1.82, 2.24) is 0 Å². The lowest BCUT2D eigenvalue weighted by Gasteiger charge is -2.20. The van der Waals surface area contributed by atoms with Crippen LogP contribution in [0.5, 0.6) is 0 Å². The molecule has 1 aromatic rings. The Hall–Kier alpha value is -0.960. The Morgan fingerprint density at radius 1 is 1.11 bits per heavy atom. The summed E-state index contributed by atoms with van der Waals surface area (Å²) in [5.41, 5.74) is 1.89. The number of thiol groups is 1. The van der Waals surface area contributed by atoms with E-state index in [9.17, 15) is 4.79 Å². The number of benzene rings is 1. The average molecular weight is 277 g/mol. The van der Waals surface area contributed by atoms with Gasteiger partial charge in [0.25, 0.3) is 0 Å². The van der Waals surface area contributed by atoms with Crippen LogP contribution in [0.1, 0.15) is 45.1 Å². The zero-order valence-corrected chi connectivity index (χ0v) is 12.7. The summed E-state index contributed by atoms with van der Waals surface area (Å²) in [6, 6.07) is 8.18. The molecule has 0 atom stereocenters. The summed E-state index contributed by atoms with van der Waals surface area (Å²) in [4.78, 5) is 14.5. The van der Waals surface area contributed by atoms with Gasteiger partial charge < -0.3 is 4.90 Å². The van der Waals surface area contributed by atoms with E-state index in [2.05, 4.69) is 24.8 Å². The van der Waals surface area contributed by atoms with Crippen LogP contribution in [0.4, 0.5) is 5.69 Å². The molecule has 2 nitrogen and oxygen atoms in total. The normalized spacial score (nSPS) is 16.8. The Morgan fingerprint density at radius 2 is 1.79 bits per heavy atom. The van der Waals surface area contributed by atoms with Crippen LogP contribution in [0.25, 0.3) is 0 Å². The van der Waals surface area contributed by atoms with E-state index in [1.807, 2.05) is 30.9 Å². The maximum absolute atomic E-state index is 12.5. The van der Waals surface area contributed by atoms with E-state index in [1.165, 1.54) is 19.3 Å². The highest BCUT2D eigenvalue weighted by Crippen LogP contribution is 2.41. The SMILES string of the molecule is CC1(C)C(=O)N(CCCCCCS)c2ccccc21. The van der Waals surface area contributed by atoms with Crippen molar-refractivity contribution in [2.75, 3.05) is 17.2 Å². The van der Waals surface area contributed by atoms with Crippen LogP contribution in [0.3, 0.4) is 0 Å². The van der Waals surface area contributed by atoms with Gasteiger partial charge in [0.2, 0.25) is 5.91 Å². The molecule has 0 unspecified atom stereocenters. The average Bonchev–Trinajstić information content (AvgIpc) is 2.60. The summed E-state index contributed by atoms with van der Waals surface area (Å²) >= 11 is 4.22. The largest absolute Gasteiger partial charge is 0.311 e. The van der Waals surface area contributed by atoms with Gasteiger partial charge in [-0.2, -0.15) is 12.6 Å². The molecule has 0 saturated heterocycles. The zero-order chi connectivity index (χ0) is 13.9. The Morgan fingerprint density at radius 3 is 2.53 bits per heavy atom. The highest BCUT2D eigenvalue weighted by molar-refractivity contribution is 7.80. The van der Waals surface area contributed by atoms with Gasteiger partial charge in [-0.1, -0.05) is 31.0 Å². The quantitative estimate of drug-likeness (QED) is 0.619. The van der Waals surface area contributed by atoms with Gasteiger partial charge in [0.1, 0.15) is 0 Å². The fourth-order valence-corrected chi connectivity index (χ4v) is 2.98. The summed E-state index contributed by atoms with van der Waals surface area (Å²) in [7, 11) is 0. The first kappa shape index (κ1) is 14.4. The van der Waals surface area contributed by atoms with Crippen LogP contribution in [0.15, 0.2) is 24.3 Å². The molecule has 19 heavy (non-hydrogen) atoms.